The van der Waals surface area contributed by atoms with Crippen LogP contribution in [0.2, 0.25) is 0 Å². The number of hydrogen-bond acceptors (Lipinski definition) is 5. The van der Waals surface area contributed by atoms with E-state index in [2.05, 4.69) is 26.4 Å². The van der Waals surface area contributed by atoms with E-state index in [1.165, 1.54) is 0 Å². The Labute approximate surface area is 168 Å². The number of rotatable bonds is 5. The molecule has 1 atom stereocenters. The van der Waals surface area contributed by atoms with Crippen molar-refractivity contribution in [2.75, 3.05) is 0 Å². The number of allylic oxidation sites excluding steroid dienone is 5. The Balaban J connectivity index is 1.41. The van der Waals surface area contributed by atoms with Crippen LogP contribution in [-0.2, 0) is 5.75 Å². The van der Waals surface area contributed by atoms with Gasteiger partial charge in [0.15, 0.2) is 0 Å². The van der Waals surface area contributed by atoms with Crippen LogP contribution in [0.15, 0.2) is 88.4 Å². The van der Waals surface area contributed by atoms with Gasteiger partial charge < -0.3 is 5.32 Å². The molecule has 28 heavy (non-hydrogen) atoms. The summed E-state index contributed by atoms with van der Waals surface area (Å²) in [4.78, 5) is 26.6. The molecule has 4 rings (SSSR count). The third kappa shape index (κ3) is 4.46. The Morgan fingerprint density at radius 2 is 2.21 bits per heavy atom. The second-order valence-corrected chi connectivity index (χ2v) is 7.72. The highest BCUT2D eigenvalue weighted by Crippen LogP contribution is 2.29. The van der Waals surface area contributed by atoms with E-state index < -0.39 is 0 Å². The average Bonchev–Trinajstić information content (AvgIpc) is 2.73. The molecule has 1 unspecified atom stereocenters. The maximum atomic E-state index is 12.7. The van der Waals surface area contributed by atoms with Crippen molar-refractivity contribution in [1.29, 1.82) is 0 Å². The van der Waals surface area contributed by atoms with Crippen LogP contribution in [0, 0.1) is 5.92 Å². The van der Waals surface area contributed by atoms with Gasteiger partial charge in [-0.2, -0.15) is 0 Å². The molecule has 1 aliphatic heterocycles. The van der Waals surface area contributed by atoms with Crippen LogP contribution in [-0.4, -0.2) is 21.6 Å². The quantitative estimate of drug-likeness (QED) is 0.775. The first kappa shape index (κ1) is 18.4. The van der Waals surface area contributed by atoms with Gasteiger partial charge in [0.2, 0.25) is 0 Å². The maximum Gasteiger partial charge on any atom is 0.255 e. The number of aromatic nitrogens is 2. The van der Waals surface area contributed by atoms with E-state index in [1.54, 1.807) is 30.4 Å². The smallest absolute Gasteiger partial charge is 0.255 e. The van der Waals surface area contributed by atoms with Crippen LogP contribution in [0.3, 0.4) is 0 Å². The van der Waals surface area contributed by atoms with Crippen molar-refractivity contribution in [3.05, 3.63) is 89.8 Å². The summed E-state index contributed by atoms with van der Waals surface area (Å²) in [5.41, 5.74) is 4.54. The Bertz CT molecular complexity index is 1010. The van der Waals surface area contributed by atoms with E-state index in [1.807, 2.05) is 49.4 Å². The van der Waals surface area contributed by atoms with Crippen molar-refractivity contribution >= 4 is 23.4 Å². The summed E-state index contributed by atoms with van der Waals surface area (Å²) in [6.07, 6.45) is 14.0. The first-order chi connectivity index (χ1) is 13.7. The summed E-state index contributed by atoms with van der Waals surface area (Å²) < 4.78 is 0. The maximum absolute atomic E-state index is 12.7. The molecule has 1 aliphatic carbocycles. The van der Waals surface area contributed by atoms with E-state index in [-0.39, 0.29) is 11.8 Å². The number of thioether (sulfide) groups is 1. The molecule has 0 radical (unpaired) electrons. The van der Waals surface area contributed by atoms with Gasteiger partial charge in [-0.1, -0.05) is 12.1 Å². The van der Waals surface area contributed by atoms with Gasteiger partial charge >= 0.3 is 0 Å². The zero-order valence-corrected chi connectivity index (χ0v) is 16.3. The molecule has 1 aromatic carbocycles. The Hall–Kier alpha value is -2.99. The zero-order chi connectivity index (χ0) is 19.3. The molecule has 1 amide bonds. The van der Waals surface area contributed by atoms with Crippen LogP contribution in [0.25, 0.3) is 0 Å². The summed E-state index contributed by atoms with van der Waals surface area (Å²) in [7, 11) is 0. The summed E-state index contributed by atoms with van der Waals surface area (Å²) in [6, 6.07) is 7.65. The Kier molecular flexibility index (Phi) is 5.48. The molecule has 2 aliphatic rings. The normalized spacial score (nSPS) is 17.9. The molecule has 0 spiro atoms. The minimum Gasteiger partial charge on any atom is -0.326 e. The fraction of sp³-hybridized carbons (Fsp3) is 0.182. The van der Waals surface area contributed by atoms with Crippen molar-refractivity contribution in [3.63, 3.8) is 0 Å². The largest absolute Gasteiger partial charge is 0.326 e. The van der Waals surface area contributed by atoms with Crippen LogP contribution in [0.5, 0.6) is 0 Å². The standard InChI is InChI=1S/C22H20N4OS/c1-15-5-6-16-11-18(7-8-21(16)25-15)26-22(27)17-3-2-4-20(12-17)28-14-19-13-23-9-10-24-19/h2-10,12-13,16H,11,14H2,1H3,(H,26,27). The van der Waals surface area contributed by atoms with Gasteiger partial charge in [-0.15, -0.1) is 11.8 Å². The van der Waals surface area contributed by atoms with Gasteiger partial charge in [-0.3, -0.25) is 19.8 Å². The number of amides is 1. The lowest BCUT2D eigenvalue weighted by molar-refractivity contribution is 0.0963. The summed E-state index contributed by atoms with van der Waals surface area (Å²) in [5.74, 6) is 0.855. The molecule has 2 aromatic rings. The third-order valence-corrected chi connectivity index (χ3v) is 5.55. The minimum absolute atomic E-state index is 0.0930. The second kappa shape index (κ2) is 8.35. The van der Waals surface area contributed by atoms with E-state index in [0.29, 0.717) is 11.3 Å². The van der Waals surface area contributed by atoms with Crippen LogP contribution in [0.1, 0.15) is 29.4 Å². The first-order valence-corrected chi connectivity index (χ1v) is 10.1. The highest BCUT2D eigenvalue weighted by Gasteiger charge is 2.20. The number of nitrogens with zero attached hydrogens (tertiary/aromatic N) is 3. The molecule has 0 saturated heterocycles. The van der Waals surface area contributed by atoms with Crippen molar-refractivity contribution in [2.45, 2.75) is 24.0 Å². The lowest BCUT2D eigenvalue weighted by Crippen LogP contribution is -2.26. The summed E-state index contributed by atoms with van der Waals surface area (Å²) in [6.45, 7) is 1.99. The summed E-state index contributed by atoms with van der Waals surface area (Å²) >= 11 is 1.64. The lowest BCUT2D eigenvalue weighted by atomic mass is 9.92. The van der Waals surface area contributed by atoms with E-state index in [4.69, 9.17) is 0 Å². The van der Waals surface area contributed by atoms with Crippen molar-refractivity contribution in [3.8, 4) is 0 Å². The molecule has 1 aromatic heterocycles. The Morgan fingerprint density at radius 3 is 3.07 bits per heavy atom. The topological polar surface area (TPSA) is 67.2 Å². The van der Waals surface area contributed by atoms with Crippen LogP contribution >= 0.6 is 11.8 Å². The van der Waals surface area contributed by atoms with Gasteiger partial charge in [0.05, 0.1) is 5.69 Å². The van der Waals surface area contributed by atoms with Crippen molar-refractivity contribution in [1.82, 2.24) is 15.3 Å². The third-order valence-electron chi connectivity index (χ3n) is 4.52. The molecule has 140 valence electrons. The number of carbonyl (C=O) groups excluding carboxylic acids is 1. The predicted octanol–water partition coefficient (Wildman–Crippen LogP) is 4.32. The van der Waals surface area contributed by atoms with Gasteiger partial charge in [-0.05, 0) is 49.8 Å². The van der Waals surface area contributed by atoms with E-state index in [0.717, 1.165) is 34.1 Å². The fourth-order valence-electron chi connectivity index (χ4n) is 3.10. The molecule has 0 fully saturated rings. The van der Waals surface area contributed by atoms with Crippen molar-refractivity contribution in [2.24, 2.45) is 10.9 Å². The molecule has 0 bridgehead atoms. The molecule has 2 heterocycles. The summed E-state index contributed by atoms with van der Waals surface area (Å²) in [5, 5.41) is 3.04. The molecule has 6 heteroatoms. The fourth-order valence-corrected chi connectivity index (χ4v) is 3.95. The van der Waals surface area contributed by atoms with Gasteiger partial charge in [0, 0.05) is 57.8 Å². The number of benzene rings is 1. The lowest BCUT2D eigenvalue weighted by Gasteiger charge is -2.23. The highest BCUT2D eigenvalue weighted by molar-refractivity contribution is 7.98. The van der Waals surface area contributed by atoms with Gasteiger partial charge in [-0.25, -0.2) is 0 Å². The molecule has 0 saturated carbocycles. The number of nitrogens with one attached hydrogen (secondary N) is 1. The first-order valence-electron chi connectivity index (χ1n) is 9.11. The molecular formula is C22H20N4OS. The van der Waals surface area contributed by atoms with Crippen LogP contribution in [0.4, 0.5) is 0 Å². The number of carbonyl (C=O) groups is 1. The van der Waals surface area contributed by atoms with Crippen LogP contribution < -0.4 is 5.32 Å². The number of dihydropyridines is 1. The Morgan fingerprint density at radius 1 is 1.29 bits per heavy atom. The van der Waals surface area contributed by atoms with E-state index in [9.17, 15) is 4.79 Å². The van der Waals surface area contributed by atoms with Gasteiger partial charge in [0.25, 0.3) is 5.91 Å². The SMILES string of the molecule is CC1=NC2=CC=C(NC(=O)c3cccc(SCc4cnccn4)c3)CC2C=C1. The average molecular weight is 388 g/mol. The monoisotopic (exact) mass is 388 g/mol. The van der Waals surface area contributed by atoms with E-state index >= 15 is 0 Å². The number of aliphatic imine (C=N–C) groups is 1. The molecule has 5 nitrogen and oxygen atoms in total. The van der Waals surface area contributed by atoms with Crippen molar-refractivity contribution < 1.29 is 4.79 Å². The number of hydrogen-bond donors (Lipinski definition) is 1. The highest BCUT2D eigenvalue weighted by atomic mass is 32.2. The predicted molar refractivity (Wildman–Crippen MR) is 112 cm³/mol. The molecular weight excluding hydrogens is 368 g/mol. The molecule has 1 N–H and O–H groups in total. The second-order valence-electron chi connectivity index (χ2n) is 6.67. The number of fused-ring (bicyclic) bond motifs is 1. The van der Waals surface area contributed by atoms with Gasteiger partial charge in [0.1, 0.15) is 0 Å². The minimum atomic E-state index is -0.0930. The zero-order valence-electron chi connectivity index (χ0n) is 15.5.